The average Bonchev–Trinajstić information content (AvgIpc) is 1.85. The van der Waals surface area contributed by atoms with E-state index in [1.807, 2.05) is 0 Å². The van der Waals surface area contributed by atoms with E-state index >= 15 is 0 Å². The van der Waals surface area contributed by atoms with Crippen molar-refractivity contribution < 1.29 is 4.39 Å². The fourth-order valence-electron chi connectivity index (χ4n) is 1.37. The fraction of sp³-hybridized carbons (Fsp3) is 1.00. The minimum atomic E-state index is -0.480. The van der Waals surface area contributed by atoms with Gasteiger partial charge in [0, 0.05) is 0 Å². The lowest BCUT2D eigenvalue weighted by molar-refractivity contribution is 0.124. The van der Waals surface area contributed by atoms with E-state index in [0.717, 1.165) is 32.4 Å². The zero-order chi connectivity index (χ0) is 7.40. The molecular weight excluding hydrogens is 165 g/mol. The molecule has 0 heterocycles. The summed E-state index contributed by atoms with van der Waals surface area (Å²) in [4.78, 5) is 0. The fourth-order valence-corrected chi connectivity index (χ4v) is 1.37. The molecule has 0 atom stereocenters. The van der Waals surface area contributed by atoms with Gasteiger partial charge in [-0.05, 0) is 38.3 Å². The number of halogens is 2. The van der Waals surface area contributed by atoms with Crippen molar-refractivity contribution in [2.45, 2.75) is 32.4 Å². The normalized spacial score (nSPS) is 28.9. The molecule has 0 unspecified atom stereocenters. The summed E-state index contributed by atoms with van der Waals surface area (Å²) >= 11 is 0. The minimum absolute atomic E-state index is 0. The molecule has 1 N–H and O–H groups in total. The van der Waals surface area contributed by atoms with Crippen LogP contribution in [0.2, 0.25) is 0 Å². The summed E-state index contributed by atoms with van der Waals surface area (Å²) in [5.41, 5.74) is 0. The second-order valence-corrected chi connectivity index (χ2v) is 3.08. The van der Waals surface area contributed by atoms with Crippen LogP contribution >= 0.6 is 12.4 Å². The van der Waals surface area contributed by atoms with Gasteiger partial charge in [0.2, 0.25) is 0 Å². The topological polar surface area (TPSA) is 12.0 Å². The van der Waals surface area contributed by atoms with Gasteiger partial charge in [-0.2, -0.15) is 0 Å². The van der Waals surface area contributed by atoms with Crippen LogP contribution < -0.4 is 5.32 Å². The smallest absolute Gasteiger partial charge is 0.101 e. The molecule has 0 amide bonds. The van der Waals surface area contributed by atoms with Crippen LogP contribution in [0.25, 0.3) is 0 Å². The van der Waals surface area contributed by atoms with Gasteiger partial charge in [-0.25, -0.2) is 4.39 Å². The van der Waals surface area contributed by atoms with Crippen molar-refractivity contribution in [3.05, 3.63) is 0 Å². The number of alkyl halides is 1. The standard InChI is InChI=1S/C8H16FN.ClH/c1-2-10-4-3-7-5-8(9)6-7;/h7-8,10H,2-6H2,1H3;1H. The molecule has 1 rings (SSSR count). The molecule has 1 aliphatic carbocycles. The zero-order valence-electron chi connectivity index (χ0n) is 6.98. The van der Waals surface area contributed by atoms with E-state index < -0.39 is 6.17 Å². The van der Waals surface area contributed by atoms with Crippen molar-refractivity contribution in [1.82, 2.24) is 5.32 Å². The Balaban J connectivity index is 0.000001000. The first-order chi connectivity index (χ1) is 4.83. The molecule has 11 heavy (non-hydrogen) atoms. The molecule has 0 radical (unpaired) electrons. The van der Waals surface area contributed by atoms with Crippen molar-refractivity contribution in [3.8, 4) is 0 Å². The Morgan fingerprint density at radius 2 is 2.09 bits per heavy atom. The Morgan fingerprint density at radius 1 is 1.45 bits per heavy atom. The Kier molecular flexibility index (Phi) is 5.88. The van der Waals surface area contributed by atoms with Gasteiger partial charge in [0.15, 0.2) is 0 Å². The molecule has 1 nitrogen and oxygen atoms in total. The highest BCUT2D eigenvalue weighted by atomic mass is 35.5. The third-order valence-corrected chi connectivity index (χ3v) is 2.16. The molecular formula is C8H17ClFN. The predicted octanol–water partition coefficient (Wildman–Crippen LogP) is 2.16. The first kappa shape index (κ1) is 11.2. The molecule has 68 valence electrons. The van der Waals surface area contributed by atoms with Crippen LogP contribution in [0.15, 0.2) is 0 Å². The maximum absolute atomic E-state index is 12.3. The molecule has 0 aliphatic heterocycles. The monoisotopic (exact) mass is 181 g/mol. The van der Waals surface area contributed by atoms with Crippen molar-refractivity contribution in [1.29, 1.82) is 0 Å². The van der Waals surface area contributed by atoms with Gasteiger partial charge in [0.25, 0.3) is 0 Å². The molecule has 0 spiro atoms. The van der Waals surface area contributed by atoms with Gasteiger partial charge < -0.3 is 5.32 Å². The SMILES string of the molecule is CCNCCC1CC(F)C1.Cl. The van der Waals surface area contributed by atoms with E-state index in [4.69, 9.17) is 0 Å². The molecule has 0 aromatic carbocycles. The number of rotatable bonds is 4. The van der Waals surface area contributed by atoms with E-state index in [0.29, 0.717) is 5.92 Å². The maximum atomic E-state index is 12.3. The lowest BCUT2D eigenvalue weighted by atomic mass is 9.81. The lowest BCUT2D eigenvalue weighted by Crippen LogP contribution is -2.28. The lowest BCUT2D eigenvalue weighted by Gasteiger charge is -2.29. The van der Waals surface area contributed by atoms with Crippen LogP contribution in [0, 0.1) is 5.92 Å². The second kappa shape index (κ2) is 5.78. The van der Waals surface area contributed by atoms with Gasteiger partial charge in [-0.1, -0.05) is 6.92 Å². The summed E-state index contributed by atoms with van der Waals surface area (Å²) < 4.78 is 12.3. The zero-order valence-corrected chi connectivity index (χ0v) is 7.79. The summed E-state index contributed by atoms with van der Waals surface area (Å²) in [5.74, 6) is 0.675. The second-order valence-electron chi connectivity index (χ2n) is 3.08. The van der Waals surface area contributed by atoms with E-state index in [2.05, 4.69) is 12.2 Å². The molecule has 1 saturated carbocycles. The van der Waals surface area contributed by atoms with Crippen molar-refractivity contribution in [2.24, 2.45) is 5.92 Å². The number of hydrogen-bond acceptors (Lipinski definition) is 1. The third kappa shape index (κ3) is 3.92. The largest absolute Gasteiger partial charge is 0.317 e. The van der Waals surface area contributed by atoms with Gasteiger partial charge in [-0.3, -0.25) is 0 Å². The van der Waals surface area contributed by atoms with Gasteiger partial charge in [0.1, 0.15) is 6.17 Å². The van der Waals surface area contributed by atoms with Gasteiger partial charge in [0.05, 0.1) is 0 Å². The van der Waals surface area contributed by atoms with Gasteiger partial charge >= 0.3 is 0 Å². The van der Waals surface area contributed by atoms with Crippen LogP contribution in [-0.4, -0.2) is 19.3 Å². The molecule has 3 heteroatoms. The highest BCUT2D eigenvalue weighted by molar-refractivity contribution is 5.85. The highest BCUT2D eigenvalue weighted by Gasteiger charge is 2.27. The molecule has 1 aliphatic rings. The van der Waals surface area contributed by atoms with E-state index in [-0.39, 0.29) is 12.4 Å². The Hall–Kier alpha value is 0.180. The maximum Gasteiger partial charge on any atom is 0.101 e. The summed E-state index contributed by atoms with van der Waals surface area (Å²) in [6.07, 6.45) is 2.30. The first-order valence-corrected chi connectivity index (χ1v) is 4.17. The summed E-state index contributed by atoms with van der Waals surface area (Å²) in [5, 5.41) is 3.24. The summed E-state index contributed by atoms with van der Waals surface area (Å²) in [6.45, 7) is 4.19. The van der Waals surface area contributed by atoms with E-state index in [1.165, 1.54) is 0 Å². The van der Waals surface area contributed by atoms with Crippen molar-refractivity contribution in [3.63, 3.8) is 0 Å². The van der Waals surface area contributed by atoms with Crippen LogP contribution in [0.4, 0.5) is 4.39 Å². The average molecular weight is 182 g/mol. The third-order valence-electron chi connectivity index (χ3n) is 2.16. The highest BCUT2D eigenvalue weighted by Crippen LogP contribution is 2.32. The van der Waals surface area contributed by atoms with Crippen LogP contribution in [0.5, 0.6) is 0 Å². The molecule has 0 aromatic rings. The van der Waals surface area contributed by atoms with Crippen LogP contribution in [0.3, 0.4) is 0 Å². The first-order valence-electron chi connectivity index (χ1n) is 4.17. The van der Waals surface area contributed by atoms with E-state index in [9.17, 15) is 4.39 Å². The number of nitrogens with one attached hydrogen (secondary N) is 1. The quantitative estimate of drug-likeness (QED) is 0.656. The van der Waals surface area contributed by atoms with Crippen LogP contribution in [-0.2, 0) is 0 Å². The van der Waals surface area contributed by atoms with Crippen LogP contribution in [0.1, 0.15) is 26.2 Å². The molecule has 0 aromatic heterocycles. The molecule has 0 bridgehead atoms. The van der Waals surface area contributed by atoms with Crippen molar-refractivity contribution >= 4 is 12.4 Å². The Morgan fingerprint density at radius 3 is 2.55 bits per heavy atom. The Bertz CT molecular complexity index is 94.1. The predicted molar refractivity (Wildman–Crippen MR) is 48.0 cm³/mol. The van der Waals surface area contributed by atoms with E-state index in [1.54, 1.807) is 0 Å². The van der Waals surface area contributed by atoms with Gasteiger partial charge in [-0.15, -0.1) is 12.4 Å². The molecule has 0 saturated heterocycles. The molecule has 1 fully saturated rings. The van der Waals surface area contributed by atoms with Crippen molar-refractivity contribution in [2.75, 3.05) is 13.1 Å². The summed E-state index contributed by atoms with van der Waals surface area (Å²) in [6, 6.07) is 0. The minimum Gasteiger partial charge on any atom is -0.317 e. The summed E-state index contributed by atoms with van der Waals surface area (Å²) in [7, 11) is 0. The Labute approximate surface area is 74.2 Å². The number of hydrogen-bond donors (Lipinski definition) is 1.